The lowest BCUT2D eigenvalue weighted by atomic mass is 10.2. The minimum Gasteiger partial charge on any atom is -0.497 e. The molecule has 0 aliphatic heterocycles. The predicted molar refractivity (Wildman–Crippen MR) is 98.9 cm³/mol. The number of rotatable bonds is 7. The Hall–Kier alpha value is -3.28. The van der Waals surface area contributed by atoms with Gasteiger partial charge >= 0.3 is 5.97 Å². The predicted octanol–water partition coefficient (Wildman–Crippen LogP) is 4.24. The lowest BCUT2D eigenvalue weighted by Crippen LogP contribution is -2.08. The zero-order valence-corrected chi connectivity index (χ0v) is 15.5. The molecule has 6 heteroatoms. The standard InChI is InChI=1S/C21H21NO5/c1-14-19(15(2)27-22-14)13-25-20-7-5-4-6-18(20)21(23)26-12-16-8-10-17(24-3)11-9-16/h4-11H,12-13H2,1-3H3. The third-order valence-electron chi connectivity index (χ3n) is 4.19. The molecule has 2 aromatic carbocycles. The smallest absolute Gasteiger partial charge is 0.342 e. The van der Waals surface area contributed by atoms with Crippen LogP contribution in [-0.4, -0.2) is 18.2 Å². The van der Waals surface area contributed by atoms with Crippen molar-refractivity contribution in [1.29, 1.82) is 0 Å². The van der Waals surface area contributed by atoms with Crippen molar-refractivity contribution in [2.24, 2.45) is 0 Å². The second kappa shape index (κ2) is 8.40. The number of hydrogen-bond donors (Lipinski definition) is 0. The van der Waals surface area contributed by atoms with Gasteiger partial charge in [0.1, 0.15) is 36.0 Å². The van der Waals surface area contributed by atoms with Crippen molar-refractivity contribution < 1.29 is 23.5 Å². The van der Waals surface area contributed by atoms with Crippen molar-refractivity contribution in [3.05, 3.63) is 76.7 Å². The van der Waals surface area contributed by atoms with E-state index in [1.54, 1.807) is 25.3 Å². The Morgan fingerprint density at radius 3 is 2.44 bits per heavy atom. The first-order valence-corrected chi connectivity index (χ1v) is 8.52. The number of aromatic nitrogens is 1. The maximum atomic E-state index is 12.5. The normalized spacial score (nSPS) is 10.5. The number of hydrogen-bond acceptors (Lipinski definition) is 6. The van der Waals surface area contributed by atoms with Gasteiger partial charge in [-0.15, -0.1) is 0 Å². The average molecular weight is 367 g/mol. The Bertz CT molecular complexity index is 895. The van der Waals surface area contributed by atoms with Crippen LogP contribution in [0.25, 0.3) is 0 Å². The summed E-state index contributed by atoms with van der Waals surface area (Å²) in [5.41, 5.74) is 2.89. The summed E-state index contributed by atoms with van der Waals surface area (Å²) in [6.07, 6.45) is 0. The largest absolute Gasteiger partial charge is 0.497 e. The number of carbonyl (C=O) groups excluding carboxylic acids is 1. The first-order valence-electron chi connectivity index (χ1n) is 8.52. The number of carbonyl (C=O) groups is 1. The van der Waals surface area contributed by atoms with Gasteiger partial charge in [-0.25, -0.2) is 4.79 Å². The Balaban J connectivity index is 1.66. The van der Waals surface area contributed by atoms with Gasteiger partial charge in [-0.05, 0) is 43.7 Å². The fourth-order valence-corrected chi connectivity index (χ4v) is 2.57. The van der Waals surface area contributed by atoms with E-state index in [-0.39, 0.29) is 13.2 Å². The highest BCUT2D eigenvalue weighted by Gasteiger charge is 2.16. The average Bonchev–Trinajstić information content (AvgIpc) is 3.02. The molecule has 0 unspecified atom stereocenters. The van der Waals surface area contributed by atoms with Gasteiger partial charge in [-0.1, -0.05) is 29.4 Å². The van der Waals surface area contributed by atoms with Crippen molar-refractivity contribution in [2.75, 3.05) is 7.11 Å². The van der Waals surface area contributed by atoms with Gasteiger partial charge in [0, 0.05) is 0 Å². The van der Waals surface area contributed by atoms with E-state index in [4.69, 9.17) is 18.7 Å². The second-order valence-corrected chi connectivity index (χ2v) is 6.01. The Morgan fingerprint density at radius 2 is 1.78 bits per heavy atom. The Morgan fingerprint density at radius 1 is 1.04 bits per heavy atom. The molecule has 27 heavy (non-hydrogen) atoms. The minimum atomic E-state index is -0.444. The number of benzene rings is 2. The molecular weight excluding hydrogens is 346 g/mol. The van der Waals surface area contributed by atoms with Gasteiger partial charge in [-0.2, -0.15) is 0 Å². The van der Waals surface area contributed by atoms with E-state index in [2.05, 4.69) is 5.16 Å². The van der Waals surface area contributed by atoms with Crippen LogP contribution in [-0.2, 0) is 18.0 Å². The monoisotopic (exact) mass is 367 g/mol. The summed E-state index contributed by atoms with van der Waals surface area (Å²) in [5.74, 6) is 1.47. The third kappa shape index (κ3) is 4.47. The molecule has 0 spiro atoms. The molecule has 1 aromatic heterocycles. The number of ether oxygens (including phenoxy) is 3. The van der Waals surface area contributed by atoms with Gasteiger partial charge in [0.25, 0.3) is 0 Å². The molecule has 0 N–H and O–H groups in total. The molecule has 0 atom stereocenters. The number of esters is 1. The fraction of sp³-hybridized carbons (Fsp3) is 0.238. The molecule has 0 aliphatic rings. The van der Waals surface area contributed by atoms with Crippen LogP contribution >= 0.6 is 0 Å². The maximum Gasteiger partial charge on any atom is 0.342 e. The molecule has 3 aromatic rings. The van der Waals surface area contributed by atoms with Crippen LogP contribution in [0.3, 0.4) is 0 Å². The molecule has 0 saturated heterocycles. The number of para-hydroxylation sites is 1. The van der Waals surface area contributed by atoms with Crippen LogP contribution < -0.4 is 9.47 Å². The molecule has 0 bridgehead atoms. The molecule has 1 heterocycles. The molecule has 0 amide bonds. The van der Waals surface area contributed by atoms with E-state index in [0.717, 1.165) is 22.6 Å². The highest BCUT2D eigenvalue weighted by Crippen LogP contribution is 2.23. The van der Waals surface area contributed by atoms with Gasteiger partial charge in [-0.3, -0.25) is 0 Å². The summed E-state index contributed by atoms with van der Waals surface area (Å²) in [4.78, 5) is 12.5. The van der Waals surface area contributed by atoms with Crippen LogP contribution in [0.1, 0.15) is 32.9 Å². The number of methoxy groups -OCH3 is 1. The van der Waals surface area contributed by atoms with Gasteiger partial charge in [0.15, 0.2) is 0 Å². The van der Waals surface area contributed by atoms with Gasteiger partial charge in [0.05, 0.1) is 18.4 Å². The van der Waals surface area contributed by atoms with Crippen LogP contribution in [0.15, 0.2) is 53.1 Å². The minimum absolute atomic E-state index is 0.168. The Kier molecular flexibility index (Phi) is 5.76. The van der Waals surface area contributed by atoms with E-state index in [9.17, 15) is 4.79 Å². The zero-order chi connectivity index (χ0) is 19.2. The Labute approximate surface area is 157 Å². The topological polar surface area (TPSA) is 70.8 Å². The van der Waals surface area contributed by atoms with Crippen molar-refractivity contribution in [3.8, 4) is 11.5 Å². The molecule has 0 saturated carbocycles. The third-order valence-corrected chi connectivity index (χ3v) is 4.19. The van der Waals surface area contributed by atoms with E-state index in [1.165, 1.54) is 0 Å². The number of nitrogens with zero attached hydrogens (tertiary/aromatic N) is 1. The molecule has 0 fully saturated rings. The molecule has 3 rings (SSSR count). The quantitative estimate of drug-likeness (QED) is 0.582. The molecular formula is C21H21NO5. The summed E-state index contributed by atoms with van der Waals surface area (Å²) in [6.45, 7) is 4.11. The summed E-state index contributed by atoms with van der Waals surface area (Å²) in [7, 11) is 1.61. The highest BCUT2D eigenvalue weighted by atomic mass is 16.5. The van der Waals surface area contributed by atoms with Gasteiger partial charge in [0.2, 0.25) is 0 Å². The van der Waals surface area contributed by atoms with Crippen LogP contribution in [0.2, 0.25) is 0 Å². The molecule has 0 aliphatic carbocycles. The zero-order valence-electron chi connectivity index (χ0n) is 15.5. The first kappa shape index (κ1) is 18.5. The molecule has 6 nitrogen and oxygen atoms in total. The van der Waals surface area contributed by atoms with E-state index in [0.29, 0.717) is 17.1 Å². The first-order chi connectivity index (χ1) is 13.1. The van der Waals surface area contributed by atoms with E-state index < -0.39 is 5.97 Å². The maximum absolute atomic E-state index is 12.5. The fourth-order valence-electron chi connectivity index (χ4n) is 2.57. The van der Waals surface area contributed by atoms with Crippen LogP contribution in [0.5, 0.6) is 11.5 Å². The summed E-state index contributed by atoms with van der Waals surface area (Å²) in [6, 6.07) is 14.3. The van der Waals surface area contributed by atoms with Crippen molar-refractivity contribution in [3.63, 3.8) is 0 Å². The summed E-state index contributed by atoms with van der Waals surface area (Å²) >= 11 is 0. The SMILES string of the molecule is COc1ccc(COC(=O)c2ccccc2OCc2c(C)noc2C)cc1. The van der Waals surface area contributed by atoms with Crippen molar-refractivity contribution in [1.82, 2.24) is 5.16 Å². The molecule has 0 radical (unpaired) electrons. The van der Waals surface area contributed by atoms with Crippen LogP contribution in [0, 0.1) is 13.8 Å². The van der Waals surface area contributed by atoms with Crippen molar-refractivity contribution in [2.45, 2.75) is 27.1 Å². The van der Waals surface area contributed by atoms with E-state index >= 15 is 0 Å². The van der Waals surface area contributed by atoms with Crippen LogP contribution in [0.4, 0.5) is 0 Å². The highest BCUT2D eigenvalue weighted by molar-refractivity contribution is 5.92. The van der Waals surface area contributed by atoms with Crippen molar-refractivity contribution >= 4 is 5.97 Å². The van der Waals surface area contributed by atoms with Gasteiger partial charge < -0.3 is 18.7 Å². The summed E-state index contributed by atoms with van der Waals surface area (Å²) < 4.78 is 21.5. The lowest BCUT2D eigenvalue weighted by Gasteiger charge is -2.11. The molecule has 140 valence electrons. The summed E-state index contributed by atoms with van der Waals surface area (Å²) in [5, 5.41) is 3.91. The lowest BCUT2D eigenvalue weighted by molar-refractivity contribution is 0.0467. The second-order valence-electron chi connectivity index (χ2n) is 6.01. The number of aryl methyl sites for hydroxylation is 2. The van der Waals surface area contributed by atoms with E-state index in [1.807, 2.05) is 44.2 Å².